The normalized spacial score (nSPS) is 12.4. The molecule has 124 valence electrons. The Kier molecular flexibility index (Phi) is 3.89. The zero-order chi connectivity index (χ0) is 17.4. The van der Waals surface area contributed by atoms with Crippen LogP contribution in [0.5, 0.6) is 0 Å². The third-order valence-electron chi connectivity index (χ3n) is 4.85. The second-order valence-corrected chi connectivity index (χ2v) is 6.64. The number of rotatable bonds is 3. The number of carbonyl (C=O) groups excluding carboxylic acids is 1. The lowest BCUT2D eigenvalue weighted by Crippen LogP contribution is -2.07. The summed E-state index contributed by atoms with van der Waals surface area (Å²) in [6, 6.07) is 16.9. The molecule has 0 heterocycles. The lowest BCUT2D eigenvalue weighted by molar-refractivity contribution is 0.0599. The molecule has 0 aromatic heterocycles. The summed E-state index contributed by atoms with van der Waals surface area (Å²) in [5, 5.41) is 2.62. The van der Waals surface area contributed by atoms with E-state index in [1.807, 2.05) is 19.1 Å². The van der Waals surface area contributed by atoms with Crippen molar-refractivity contribution in [1.82, 2.24) is 0 Å². The molecule has 0 spiro atoms. The molecule has 3 aromatic carbocycles. The quantitative estimate of drug-likeness (QED) is 0.626. The molecular weight excluding hydrogens is 308 g/mol. The lowest BCUT2D eigenvalue weighted by Gasteiger charge is -2.16. The standard InChI is InChI=1S/C23H20O2/c1-15-9-10-21(23(24)25-2)20(11-15)14-16-12-18-7-3-5-17-6-4-8-19(13-16)22(17)18/h3-7,9-13H,8,14H2,1-2H3. The van der Waals surface area contributed by atoms with E-state index in [4.69, 9.17) is 4.74 Å². The van der Waals surface area contributed by atoms with Crippen LogP contribution in [0.1, 0.15) is 38.2 Å². The first-order valence-corrected chi connectivity index (χ1v) is 8.54. The molecule has 0 saturated carbocycles. The topological polar surface area (TPSA) is 26.3 Å². The van der Waals surface area contributed by atoms with E-state index in [0.29, 0.717) is 5.56 Å². The fraction of sp³-hybridized carbons (Fsp3) is 0.174. The Balaban J connectivity index is 1.80. The van der Waals surface area contributed by atoms with Gasteiger partial charge >= 0.3 is 5.97 Å². The van der Waals surface area contributed by atoms with Crippen molar-refractivity contribution in [3.8, 4) is 0 Å². The van der Waals surface area contributed by atoms with E-state index in [1.54, 1.807) is 0 Å². The number of carbonyl (C=O) groups is 1. The van der Waals surface area contributed by atoms with E-state index in [-0.39, 0.29) is 5.97 Å². The van der Waals surface area contributed by atoms with Crippen molar-refractivity contribution in [2.75, 3.05) is 7.11 Å². The van der Waals surface area contributed by atoms with E-state index in [0.717, 1.165) is 24.0 Å². The molecule has 0 N–H and O–H groups in total. The highest BCUT2D eigenvalue weighted by Gasteiger charge is 2.14. The van der Waals surface area contributed by atoms with E-state index < -0.39 is 0 Å². The van der Waals surface area contributed by atoms with Crippen LogP contribution in [0.2, 0.25) is 0 Å². The minimum atomic E-state index is -0.276. The number of methoxy groups -OCH3 is 1. The number of ether oxygens (including phenoxy) is 1. The van der Waals surface area contributed by atoms with Crippen LogP contribution in [0.4, 0.5) is 0 Å². The molecule has 0 radical (unpaired) electrons. The molecule has 0 amide bonds. The van der Waals surface area contributed by atoms with Crippen molar-refractivity contribution in [2.45, 2.75) is 19.8 Å². The molecule has 0 fully saturated rings. The molecule has 0 bridgehead atoms. The SMILES string of the molecule is COC(=O)c1ccc(C)cc1Cc1cc2c3c(cccc3c1)C=CC2. The van der Waals surface area contributed by atoms with Crippen LogP contribution in [0.15, 0.2) is 54.6 Å². The van der Waals surface area contributed by atoms with E-state index in [1.165, 1.54) is 34.6 Å². The monoisotopic (exact) mass is 328 g/mol. The summed E-state index contributed by atoms with van der Waals surface area (Å²) >= 11 is 0. The predicted octanol–water partition coefficient (Wildman–Crippen LogP) is 5.09. The van der Waals surface area contributed by atoms with Gasteiger partial charge in [-0.15, -0.1) is 0 Å². The van der Waals surface area contributed by atoms with Crippen molar-refractivity contribution in [1.29, 1.82) is 0 Å². The number of allylic oxidation sites excluding steroid dienone is 1. The second-order valence-electron chi connectivity index (χ2n) is 6.64. The zero-order valence-electron chi connectivity index (χ0n) is 14.5. The summed E-state index contributed by atoms with van der Waals surface area (Å²) in [6.45, 7) is 2.05. The highest BCUT2D eigenvalue weighted by molar-refractivity contribution is 5.95. The Hall–Kier alpha value is -2.87. The van der Waals surface area contributed by atoms with Crippen molar-refractivity contribution in [2.24, 2.45) is 0 Å². The molecule has 3 aromatic rings. The van der Waals surface area contributed by atoms with E-state index >= 15 is 0 Å². The maximum Gasteiger partial charge on any atom is 0.338 e. The average molecular weight is 328 g/mol. The van der Waals surface area contributed by atoms with Crippen molar-refractivity contribution in [3.63, 3.8) is 0 Å². The van der Waals surface area contributed by atoms with Crippen molar-refractivity contribution in [3.05, 3.63) is 88.0 Å². The van der Waals surface area contributed by atoms with Crippen LogP contribution in [0.25, 0.3) is 16.8 Å². The largest absolute Gasteiger partial charge is 0.465 e. The first-order valence-electron chi connectivity index (χ1n) is 8.54. The predicted molar refractivity (Wildman–Crippen MR) is 102 cm³/mol. The summed E-state index contributed by atoms with van der Waals surface area (Å²) in [4.78, 5) is 12.1. The third kappa shape index (κ3) is 2.85. The molecule has 0 unspecified atom stereocenters. The van der Waals surface area contributed by atoms with Gasteiger partial charge < -0.3 is 4.74 Å². The summed E-state index contributed by atoms with van der Waals surface area (Å²) in [5.74, 6) is -0.276. The van der Waals surface area contributed by atoms with Crippen LogP contribution >= 0.6 is 0 Å². The van der Waals surface area contributed by atoms with Gasteiger partial charge in [-0.25, -0.2) is 4.79 Å². The fourth-order valence-corrected chi connectivity index (χ4v) is 3.73. The summed E-state index contributed by atoms with van der Waals surface area (Å²) in [5.41, 5.74) is 6.69. The maximum atomic E-state index is 12.1. The van der Waals surface area contributed by atoms with Crippen LogP contribution in [-0.4, -0.2) is 13.1 Å². The first kappa shape index (κ1) is 15.6. The Morgan fingerprint density at radius 1 is 1.12 bits per heavy atom. The van der Waals surface area contributed by atoms with Gasteiger partial charge in [-0.05, 0) is 58.9 Å². The molecule has 2 heteroatoms. The molecule has 0 atom stereocenters. The Labute approximate surface area is 147 Å². The van der Waals surface area contributed by atoms with Crippen LogP contribution < -0.4 is 0 Å². The Bertz CT molecular complexity index is 1010. The molecule has 1 aliphatic rings. The first-order chi connectivity index (χ1) is 12.2. The van der Waals surface area contributed by atoms with Gasteiger partial charge in [0.25, 0.3) is 0 Å². The number of benzene rings is 3. The van der Waals surface area contributed by atoms with Gasteiger partial charge in [0.2, 0.25) is 0 Å². The highest BCUT2D eigenvalue weighted by atomic mass is 16.5. The van der Waals surface area contributed by atoms with Crippen LogP contribution in [-0.2, 0) is 17.6 Å². The highest BCUT2D eigenvalue weighted by Crippen LogP contribution is 2.31. The number of esters is 1. The number of hydrogen-bond donors (Lipinski definition) is 0. The summed E-state index contributed by atoms with van der Waals surface area (Å²) in [7, 11) is 1.43. The molecule has 2 nitrogen and oxygen atoms in total. The van der Waals surface area contributed by atoms with Gasteiger partial charge in [-0.2, -0.15) is 0 Å². The zero-order valence-corrected chi connectivity index (χ0v) is 14.5. The number of aryl methyl sites for hydroxylation is 1. The second kappa shape index (κ2) is 6.21. The number of hydrogen-bond acceptors (Lipinski definition) is 2. The van der Waals surface area contributed by atoms with Gasteiger partial charge in [-0.1, -0.05) is 60.2 Å². The average Bonchev–Trinajstić information content (AvgIpc) is 2.62. The van der Waals surface area contributed by atoms with Gasteiger partial charge in [0, 0.05) is 0 Å². The van der Waals surface area contributed by atoms with E-state index in [9.17, 15) is 4.79 Å². The minimum absolute atomic E-state index is 0.276. The van der Waals surface area contributed by atoms with Crippen LogP contribution in [0.3, 0.4) is 0 Å². The Morgan fingerprint density at radius 2 is 2.00 bits per heavy atom. The van der Waals surface area contributed by atoms with Crippen LogP contribution in [0, 0.1) is 6.92 Å². The summed E-state index contributed by atoms with van der Waals surface area (Å²) < 4.78 is 4.95. The summed E-state index contributed by atoms with van der Waals surface area (Å²) in [6.07, 6.45) is 6.10. The van der Waals surface area contributed by atoms with Gasteiger partial charge in [0.15, 0.2) is 0 Å². The third-order valence-corrected chi connectivity index (χ3v) is 4.85. The van der Waals surface area contributed by atoms with Crippen molar-refractivity contribution >= 4 is 22.8 Å². The lowest BCUT2D eigenvalue weighted by atomic mass is 9.89. The molecule has 25 heavy (non-hydrogen) atoms. The molecule has 1 aliphatic carbocycles. The van der Waals surface area contributed by atoms with Crippen molar-refractivity contribution < 1.29 is 9.53 Å². The van der Waals surface area contributed by atoms with Gasteiger partial charge in [-0.3, -0.25) is 0 Å². The van der Waals surface area contributed by atoms with Gasteiger partial charge in [0.1, 0.15) is 0 Å². The smallest absolute Gasteiger partial charge is 0.338 e. The van der Waals surface area contributed by atoms with E-state index in [2.05, 4.69) is 48.6 Å². The Morgan fingerprint density at radius 3 is 2.84 bits per heavy atom. The molecule has 0 saturated heterocycles. The molecule has 0 aliphatic heterocycles. The molecular formula is C23H20O2. The molecule has 4 rings (SSSR count). The fourth-order valence-electron chi connectivity index (χ4n) is 3.73. The maximum absolute atomic E-state index is 12.1. The minimum Gasteiger partial charge on any atom is -0.465 e. The van der Waals surface area contributed by atoms with Gasteiger partial charge in [0.05, 0.1) is 12.7 Å².